The predicted molar refractivity (Wildman–Crippen MR) is 134 cm³/mol. The number of carbonyl (C=O) groups excluding carboxylic acids is 1. The molecule has 2 N–H and O–H groups in total. The van der Waals surface area contributed by atoms with E-state index in [0.717, 1.165) is 29.7 Å². The van der Waals surface area contributed by atoms with Gasteiger partial charge in [-0.3, -0.25) is 14.2 Å². The Morgan fingerprint density at radius 3 is 2.50 bits per heavy atom. The SMILES string of the molecule is O=C(C1CC1)N1CCC(O)(Cn2cnc3c(cnn3-c3cccc(-c4cccc(O)c4)c3)c2=O)CC1. The summed E-state index contributed by atoms with van der Waals surface area (Å²) in [4.78, 5) is 31.9. The van der Waals surface area contributed by atoms with Crippen LogP contribution in [0, 0.1) is 5.92 Å². The van der Waals surface area contributed by atoms with E-state index in [1.807, 2.05) is 35.2 Å². The number of hydrogen-bond acceptors (Lipinski definition) is 6. The van der Waals surface area contributed by atoms with Crippen molar-refractivity contribution in [1.29, 1.82) is 0 Å². The van der Waals surface area contributed by atoms with E-state index in [2.05, 4.69) is 10.1 Å². The van der Waals surface area contributed by atoms with Gasteiger partial charge in [-0.2, -0.15) is 5.10 Å². The number of benzene rings is 2. The van der Waals surface area contributed by atoms with Crippen LogP contribution in [0.3, 0.4) is 0 Å². The minimum atomic E-state index is -1.06. The summed E-state index contributed by atoms with van der Waals surface area (Å²) >= 11 is 0. The van der Waals surface area contributed by atoms with Gasteiger partial charge in [-0.05, 0) is 61.1 Å². The van der Waals surface area contributed by atoms with Crippen LogP contribution >= 0.6 is 0 Å². The Morgan fingerprint density at radius 2 is 1.78 bits per heavy atom. The number of piperidine rings is 1. The molecule has 0 unspecified atom stereocenters. The highest BCUT2D eigenvalue weighted by Gasteiger charge is 2.39. The number of fused-ring (bicyclic) bond motifs is 1. The van der Waals surface area contributed by atoms with Gasteiger partial charge in [0.1, 0.15) is 17.5 Å². The topological polar surface area (TPSA) is 113 Å². The fourth-order valence-corrected chi connectivity index (χ4v) is 4.96. The molecule has 3 heterocycles. The quantitative estimate of drug-likeness (QED) is 0.449. The standard InChI is InChI=1S/C27H27N5O4/c33-22-6-2-4-20(14-22)19-3-1-5-21(13-19)32-24-23(15-29-32)26(35)31(17-28-24)16-27(36)9-11-30(12-10-27)25(34)18-7-8-18/h1-6,13-15,17-18,33,36H,7-12,16H2. The van der Waals surface area contributed by atoms with Crippen molar-refractivity contribution in [1.82, 2.24) is 24.2 Å². The first kappa shape index (κ1) is 22.5. The average Bonchev–Trinajstić information content (AvgIpc) is 3.64. The third-order valence-corrected chi connectivity index (χ3v) is 7.22. The van der Waals surface area contributed by atoms with E-state index in [0.29, 0.717) is 37.0 Å². The number of carbonyl (C=O) groups is 1. The molecule has 0 atom stereocenters. The summed E-state index contributed by atoms with van der Waals surface area (Å²) in [6.07, 6.45) is 5.75. The molecule has 184 valence electrons. The van der Waals surface area contributed by atoms with Crippen molar-refractivity contribution in [2.75, 3.05) is 13.1 Å². The van der Waals surface area contributed by atoms with Gasteiger partial charge in [0.25, 0.3) is 5.56 Å². The molecule has 1 aliphatic carbocycles. The summed E-state index contributed by atoms with van der Waals surface area (Å²) in [7, 11) is 0. The van der Waals surface area contributed by atoms with E-state index in [1.165, 1.54) is 17.1 Å². The van der Waals surface area contributed by atoms with E-state index >= 15 is 0 Å². The molecule has 9 nitrogen and oxygen atoms in total. The zero-order valence-electron chi connectivity index (χ0n) is 19.7. The largest absolute Gasteiger partial charge is 0.508 e. The van der Waals surface area contributed by atoms with Crippen molar-refractivity contribution in [3.8, 4) is 22.6 Å². The number of aliphatic hydroxyl groups is 1. The molecule has 36 heavy (non-hydrogen) atoms. The normalized spacial score (nSPS) is 17.4. The van der Waals surface area contributed by atoms with E-state index in [1.54, 1.807) is 22.9 Å². The molecular formula is C27H27N5O4. The highest BCUT2D eigenvalue weighted by atomic mass is 16.3. The Kier molecular flexibility index (Phi) is 5.37. The van der Waals surface area contributed by atoms with Gasteiger partial charge in [-0.15, -0.1) is 0 Å². The van der Waals surface area contributed by atoms with Crippen LogP contribution in [-0.2, 0) is 11.3 Å². The van der Waals surface area contributed by atoms with Crippen LogP contribution in [0.4, 0.5) is 0 Å². The second kappa shape index (κ2) is 8.60. The zero-order valence-corrected chi connectivity index (χ0v) is 19.7. The summed E-state index contributed by atoms with van der Waals surface area (Å²) in [5, 5.41) is 25.8. The summed E-state index contributed by atoms with van der Waals surface area (Å²) < 4.78 is 3.06. The number of rotatable bonds is 5. The van der Waals surface area contributed by atoms with Crippen LogP contribution < -0.4 is 5.56 Å². The van der Waals surface area contributed by atoms with Gasteiger partial charge in [-0.25, -0.2) is 9.67 Å². The molecule has 2 aliphatic rings. The van der Waals surface area contributed by atoms with Gasteiger partial charge in [0, 0.05) is 19.0 Å². The highest BCUT2D eigenvalue weighted by molar-refractivity contribution is 5.81. The van der Waals surface area contributed by atoms with Crippen molar-refractivity contribution in [3.63, 3.8) is 0 Å². The number of phenols is 1. The zero-order chi connectivity index (χ0) is 24.9. The van der Waals surface area contributed by atoms with Crippen LogP contribution in [-0.4, -0.2) is 59.0 Å². The van der Waals surface area contributed by atoms with Crippen molar-refractivity contribution < 1.29 is 15.0 Å². The fourth-order valence-electron chi connectivity index (χ4n) is 4.96. The van der Waals surface area contributed by atoms with Crippen LogP contribution in [0.5, 0.6) is 5.75 Å². The molecule has 2 aromatic carbocycles. The van der Waals surface area contributed by atoms with Crippen LogP contribution in [0.15, 0.2) is 65.8 Å². The molecule has 0 radical (unpaired) electrons. The van der Waals surface area contributed by atoms with Crippen LogP contribution in [0.2, 0.25) is 0 Å². The molecule has 1 saturated carbocycles. The number of nitrogens with zero attached hydrogens (tertiary/aromatic N) is 5. The first-order chi connectivity index (χ1) is 17.4. The number of aromatic hydroxyl groups is 1. The lowest BCUT2D eigenvalue weighted by Crippen LogP contribution is -2.50. The number of amides is 1. The summed E-state index contributed by atoms with van der Waals surface area (Å²) in [5.74, 6) is 0.548. The summed E-state index contributed by atoms with van der Waals surface area (Å²) in [5.41, 5.74) is 1.60. The monoisotopic (exact) mass is 485 g/mol. The first-order valence-corrected chi connectivity index (χ1v) is 12.2. The number of aromatic nitrogens is 4. The van der Waals surface area contributed by atoms with E-state index < -0.39 is 5.60 Å². The molecule has 9 heteroatoms. The Labute approximate surface area is 207 Å². The van der Waals surface area contributed by atoms with Gasteiger partial charge in [-0.1, -0.05) is 24.3 Å². The van der Waals surface area contributed by atoms with Gasteiger partial charge >= 0.3 is 0 Å². The second-order valence-electron chi connectivity index (χ2n) is 9.90. The molecule has 4 aromatic rings. The summed E-state index contributed by atoms with van der Waals surface area (Å²) in [6.45, 7) is 1.13. The van der Waals surface area contributed by atoms with Crippen molar-refractivity contribution in [2.24, 2.45) is 5.92 Å². The Balaban J connectivity index is 1.25. The van der Waals surface area contributed by atoms with Gasteiger partial charge in [0.05, 0.1) is 24.0 Å². The minimum absolute atomic E-state index is 0.123. The maximum Gasteiger partial charge on any atom is 0.264 e. The fraction of sp³-hybridized carbons (Fsp3) is 0.333. The van der Waals surface area contributed by atoms with E-state index in [-0.39, 0.29) is 29.7 Å². The third-order valence-electron chi connectivity index (χ3n) is 7.22. The number of likely N-dealkylation sites (tertiary alicyclic amines) is 1. The van der Waals surface area contributed by atoms with E-state index in [4.69, 9.17) is 0 Å². The van der Waals surface area contributed by atoms with Crippen LogP contribution in [0.25, 0.3) is 27.8 Å². The van der Waals surface area contributed by atoms with Crippen LogP contribution in [0.1, 0.15) is 25.7 Å². The molecule has 1 amide bonds. The van der Waals surface area contributed by atoms with Gasteiger partial charge in [0.15, 0.2) is 5.65 Å². The molecular weight excluding hydrogens is 458 g/mol. The summed E-state index contributed by atoms with van der Waals surface area (Å²) in [6, 6.07) is 14.6. The van der Waals surface area contributed by atoms with Gasteiger partial charge < -0.3 is 15.1 Å². The van der Waals surface area contributed by atoms with Crippen molar-refractivity contribution in [3.05, 3.63) is 71.4 Å². The van der Waals surface area contributed by atoms with Crippen molar-refractivity contribution in [2.45, 2.75) is 37.8 Å². The Morgan fingerprint density at radius 1 is 1.06 bits per heavy atom. The average molecular weight is 486 g/mol. The Hall–Kier alpha value is -3.98. The second-order valence-corrected chi connectivity index (χ2v) is 9.90. The molecule has 0 bridgehead atoms. The lowest BCUT2D eigenvalue weighted by Gasteiger charge is -2.38. The lowest BCUT2D eigenvalue weighted by atomic mass is 9.91. The number of hydrogen-bond donors (Lipinski definition) is 2. The highest BCUT2D eigenvalue weighted by Crippen LogP contribution is 2.33. The maximum atomic E-state index is 13.3. The Bertz CT molecular complexity index is 1510. The molecule has 2 fully saturated rings. The lowest BCUT2D eigenvalue weighted by molar-refractivity contribution is -0.137. The molecule has 2 aromatic heterocycles. The predicted octanol–water partition coefficient (Wildman–Crippen LogP) is 2.72. The molecule has 1 aliphatic heterocycles. The molecule has 1 saturated heterocycles. The van der Waals surface area contributed by atoms with E-state index in [9.17, 15) is 19.8 Å². The third kappa shape index (κ3) is 4.15. The van der Waals surface area contributed by atoms with Gasteiger partial charge in [0.2, 0.25) is 5.91 Å². The maximum absolute atomic E-state index is 13.3. The number of phenolic OH excluding ortho intramolecular Hbond substituents is 1. The molecule has 0 spiro atoms. The first-order valence-electron chi connectivity index (χ1n) is 12.2. The van der Waals surface area contributed by atoms with Crippen molar-refractivity contribution >= 4 is 16.9 Å². The smallest absolute Gasteiger partial charge is 0.264 e. The minimum Gasteiger partial charge on any atom is -0.508 e. The molecule has 6 rings (SSSR count).